The van der Waals surface area contributed by atoms with E-state index in [0.29, 0.717) is 27.7 Å². The second-order valence-corrected chi connectivity index (χ2v) is 8.15. The van der Waals surface area contributed by atoms with Crippen LogP contribution >= 0.6 is 23.2 Å². The fourth-order valence-corrected chi connectivity index (χ4v) is 3.28. The molecule has 0 saturated heterocycles. The molecule has 0 aliphatic carbocycles. The second kappa shape index (κ2) is 10.6. The fourth-order valence-electron chi connectivity index (χ4n) is 2.77. The van der Waals surface area contributed by atoms with Crippen LogP contribution in [0.25, 0.3) is 0 Å². The molecule has 0 aliphatic rings. The van der Waals surface area contributed by atoms with E-state index in [-0.39, 0.29) is 36.5 Å². The number of hydrogen-bond donors (Lipinski definition) is 1. The first-order chi connectivity index (χ1) is 13.7. The van der Waals surface area contributed by atoms with Crippen molar-refractivity contribution in [1.82, 2.24) is 10.2 Å². The predicted octanol–water partition coefficient (Wildman–Crippen LogP) is 4.86. The van der Waals surface area contributed by atoms with Gasteiger partial charge in [-0.15, -0.1) is 0 Å². The molecule has 2 aromatic rings. The third-order valence-electron chi connectivity index (χ3n) is 4.51. The number of carbonyl (C=O) groups excluding carboxylic acids is 2. The third kappa shape index (κ3) is 6.72. The summed E-state index contributed by atoms with van der Waals surface area (Å²) in [5.74, 6) is -0.621. The molecule has 4 nitrogen and oxygen atoms in total. The summed E-state index contributed by atoms with van der Waals surface area (Å²) in [6, 6.07) is 10.1. The van der Waals surface area contributed by atoms with Crippen LogP contribution in [0.1, 0.15) is 31.9 Å². The molecule has 29 heavy (non-hydrogen) atoms. The van der Waals surface area contributed by atoms with Crippen molar-refractivity contribution in [3.63, 3.8) is 0 Å². The quantitative estimate of drug-likeness (QED) is 0.639. The molecule has 1 atom stereocenters. The number of carbonyl (C=O) groups is 2. The third-order valence-corrected chi connectivity index (χ3v) is 5.22. The van der Waals surface area contributed by atoms with Crippen molar-refractivity contribution in [2.24, 2.45) is 5.92 Å². The van der Waals surface area contributed by atoms with E-state index in [9.17, 15) is 14.0 Å². The lowest BCUT2D eigenvalue weighted by molar-refractivity contribution is -0.140. The van der Waals surface area contributed by atoms with E-state index in [2.05, 4.69) is 5.32 Å². The standard InChI is InChI=1S/C22H25Cl2FN2O2/c1-14(2)12-26-22(29)15(3)27(13-18-19(23)5-4-6-20(18)24)21(28)11-16-7-9-17(25)10-8-16/h4-10,14-15H,11-13H2,1-3H3,(H,26,29). The number of nitrogens with zero attached hydrogens (tertiary/aromatic N) is 1. The Hall–Kier alpha value is -2.11. The van der Waals surface area contributed by atoms with Gasteiger partial charge in [0.25, 0.3) is 0 Å². The zero-order valence-electron chi connectivity index (χ0n) is 16.7. The van der Waals surface area contributed by atoms with Crippen LogP contribution in [-0.4, -0.2) is 29.3 Å². The van der Waals surface area contributed by atoms with Gasteiger partial charge in [0, 0.05) is 28.7 Å². The van der Waals surface area contributed by atoms with E-state index in [4.69, 9.17) is 23.2 Å². The summed E-state index contributed by atoms with van der Waals surface area (Å²) in [6.45, 7) is 6.26. The molecule has 0 bridgehead atoms. The largest absolute Gasteiger partial charge is 0.354 e. The van der Waals surface area contributed by atoms with Crippen LogP contribution < -0.4 is 5.32 Å². The zero-order chi connectivity index (χ0) is 21.6. The minimum atomic E-state index is -0.728. The normalized spacial score (nSPS) is 12.0. The van der Waals surface area contributed by atoms with Crippen LogP contribution in [0.3, 0.4) is 0 Å². The number of hydrogen-bond acceptors (Lipinski definition) is 2. The van der Waals surface area contributed by atoms with Crippen LogP contribution in [0.5, 0.6) is 0 Å². The highest BCUT2D eigenvalue weighted by atomic mass is 35.5. The molecule has 156 valence electrons. The molecule has 0 spiro atoms. The molecule has 1 unspecified atom stereocenters. The number of nitrogens with one attached hydrogen (secondary N) is 1. The van der Waals surface area contributed by atoms with Crippen LogP contribution in [0, 0.1) is 11.7 Å². The van der Waals surface area contributed by atoms with Crippen molar-refractivity contribution in [3.8, 4) is 0 Å². The van der Waals surface area contributed by atoms with E-state index >= 15 is 0 Å². The summed E-state index contributed by atoms with van der Waals surface area (Å²) in [4.78, 5) is 27.2. The van der Waals surface area contributed by atoms with Gasteiger partial charge in [0.1, 0.15) is 11.9 Å². The number of halogens is 3. The average molecular weight is 439 g/mol. The molecule has 0 aromatic heterocycles. The molecule has 1 N–H and O–H groups in total. The van der Waals surface area contributed by atoms with Crippen molar-refractivity contribution in [1.29, 1.82) is 0 Å². The Kier molecular flexibility index (Phi) is 8.47. The first-order valence-electron chi connectivity index (χ1n) is 9.43. The van der Waals surface area contributed by atoms with Gasteiger partial charge in [-0.2, -0.15) is 0 Å². The summed E-state index contributed by atoms with van der Waals surface area (Å²) in [5, 5.41) is 3.70. The Morgan fingerprint density at radius 3 is 2.17 bits per heavy atom. The molecular weight excluding hydrogens is 414 g/mol. The summed E-state index contributed by atoms with van der Waals surface area (Å²) in [6.07, 6.45) is 0.0319. The van der Waals surface area contributed by atoms with E-state index in [1.807, 2.05) is 13.8 Å². The first-order valence-corrected chi connectivity index (χ1v) is 10.2. The molecular formula is C22H25Cl2FN2O2. The van der Waals surface area contributed by atoms with Crippen LogP contribution in [0.4, 0.5) is 4.39 Å². The summed E-state index contributed by atoms with van der Waals surface area (Å²) >= 11 is 12.6. The van der Waals surface area contributed by atoms with Gasteiger partial charge in [0.15, 0.2) is 0 Å². The smallest absolute Gasteiger partial charge is 0.242 e. The van der Waals surface area contributed by atoms with Gasteiger partial charge in [-0.1, -0.05) is 55.2 Å². The summed E-state index contributed by atoms with van der Waals surface area (Å²) < 4.78 is 13.2. The van der Waals surface area contributed by atoms with Gasteiger partial charge >= 0.3 is 0 Å². The highest BCUT2D eigenvalue weighted by Crippen LogP contribution is 2.27. The lowest BCUT2D eigenvalue weighted by Crippen LogP contribution is -2.48. The van der Waals surface area contributed by atoms with Gasteiger partial charge in [-0.25, -0.2) is 4.39 Å². The van der Waals surface area contributed by atoms with Gasteiger partial charge in [-0.05, 0) is 42.7 Å². The van der Waals surface area contributed by atoms with Crippen LogP contribution in [-0.2, 0) is 22.6 Å². The van der Waals surface area contributed by atoms with Gasteiger partial charge < -0.3 is 10.2 Å². The lowest BCUT2D eigenvalue weighted by Gasteiger charge is -2.29. The Balaban J connectivity index is 2.27. The predicted molar refractivity (Wildman–Crippen MR) is 114 cm³/mol. The molecule has 2 rings (SSSR count). The number of amides is 2. The maximum atomic E-state index is 13.2. The molecule has 2 amide bonds. The maximum absolute atomic E-state index is 13.2. The van der Waals surface area contributed by atoms with Crippen molar-refractivity contribution >= 4 is 35.0 Å². The van der Waals surface area contributed by atoms with Gasteiger partial charge in [0.05, 0.1) is 6.42 Å². The Labute approximate surface area is 181 Å². The van der Waals surface area contributed by atoms with E-state index in [1.54, 1.807) is 37.3 Å². The van der Waals surface area contributed by atoms with E-state index in [0.717, 1.165) is 0 Å². The van der Waals surface area contributed by atoms with Crippen LogP contribution in [0.2, 0.25) is 10.0 Å². The van der Waals surface area contributed by atoms with Gasteiger partial charge in [0.2, 0.25) is 11.8 Å². The molecule has 0 saturated carbocycles. The van der Waals surface area contributed by atoms with Crippen molar-refractivity contribution in [2.75, 3.05) is 6.54 Å². The fraction of sp³-hybridized carbons (Fsp3) is 0.364. The molecule has 0 aliphatic heterocycles. The van der Waals surface area contributed by atoms with E-state index in [1.165, 1.54) is 17.0 Å². The Morgan fingerprint density at radius 1 is 1.03 bits per heavy atom. The number of rotatable bonds is 8. The minimum Gasteiger partial charge on any atom is -0.354 e. The molecule has 0 radical (unpaired) electrons. The zero-order valence-corrected chi connectivity index (χ0v) is 18.2. The lowest BCUT2D eigenvalue weighted by atomic mass is 10.1. The highest BCUT2D eigenvalue weighted by Gasteiger charge is 2.27. The van der Waals surface area contributed by atoms with Crippen molar-refractivity contribution in [2.45, 2.75) is 39.8 Å². The Morgan fingerprint density at radius 2 is 1.62 bits per heavy atom. The maximum Gasteiger partial charge on any atom is 0.242 e. The Bertz CT molecular complexity index is 836. The first kappa shape index (κ1) is 23.2. The molecule has 0 heterocycles. The molecule has 0 fully saturated rings. The number of benzene rings is 2. The average Bonchev–Trinajstić information content (AvgIpc) is 2.67. The minimum absolute atomic E-state index is 0.0319. The SMILES string of the molecule is CC(C)CNC(=O)C(C)N(Cc1c(Cl)cccc1Cl)C(=O)Cc1ccc(F)cc1. The van der Waals surface area contributed by atoms with E-state index < -0.39 is 6.04 Å². The van der Waals surface area contributed by atoms with Gasteiger partial charge in [-0.3, -0.25) is 9.59 Å². The second-order valence-electron chi connectivity index (χ2n) is 7.34. The summed E-state index contributed by atoms with van der Waals surface area (Å²) in [5.41, 5.74) is 1.23. The topological polar surface area (TPSA) is 49.4 Å². The van der Waals surface area contributed by atoms with Crippen molar-refractivity contribution in [3.05, 3.63) is 69.5 Å². The van der Waals surface area contributed by atoms with Crippen molar-refractivity contribution < 1.29 is 14.0 Å². The monoisotopic (exact) mass is 438 g/mol. The molecule has 7 heteroatoms. The van der Waals surface area contributed by atoms with Crippen LogP contribution in [0.15, 0.2) is 42.5 Å². The summed E-state index contributed by atoms with van der Waals surface area (Å²) in [7, 11) is 0. The molecule has 2 aromatic carbocycles. The highest BCUT2D eigenvalue weighted by molar-refractivity contribution is 6.36.